The maximum absolute atomic E-state index is 11.6. The van der Waals surface area contributed by atoms with Crippen molar-refractivity contribution in [3.63, 3.8) is 0 Å². The predicted octanol–water partition coefficient (Wildman–Crippen LogP) is 0.0608. The zero-order valence-electron chi connectivity index (χ0n) is 9.71. The molecule has 2 aromatic heterocycles. The van der Waals surface area contributed by atoms with Gasteiger partial charge in [0.15, 0.2) is 5.82 Å². The molecule has 90 valence electrons. The number of hydrogen-bond donors (Lipinski definition) is 2. The van der Waals surface area contributed by atoms with Crippen LogP contribution in [0, 0.1) is 0 Å². The van der Waals surface area contributed by atoms with Crippen LogP contribution in [0.15, 0.2) is 18.7 Å². The van der Waals surface area contributed by atoms with Gasteiger partial charge in [0.25, 0.3) is 0 Å². The molecule has 7 nitrogen and oxygen atoms in total. The van der Waals surface area contributed by atoms with E-state index in [0.29, 0.717) is 18.0 Å². The molecular formula is C10H14N6O. The molecule has 0 aliphatic heterocycles. The van der Waals surface area contributed by atoms with E-state index < -0.39 is 0 Å². The number of anilines is 1. The molecule has 0 radical (unpaired) electrons. The summed E-state index contributed by atoms with van der Waals surface area (Å²) in [5.74, 6) is 0.472. The van der Waals surface area contributed by atoms with Gasteiger partial charge in [-0.15, -0.1) is 10.2 Å². The van der Waals surface area contributed by atoms with Crippen LogP contribution in [0.2, 0.25) is 0 Å². The molecule has 1 atom stereocenters. The average Bonchev–Trinajstić information content (AvgIpc) is 2.78. The normalized spacial score (nSPS) is 12.4. The fourth-order valence-corrected chi connectivity index (χ4v) is 1.46. The summed E-state index contributed by atoms with van der Waals surface area (Å²) in [7, 11) is 0. The minimum absolute atomic E-state index is 0.0733. The molecule has 7 heteroatoms. The number of fused-ring (bicyclic) bond motifs is 1. The van der Waals surface area contributed by atoms with Crippen LogP contribution >= 0.6 is 0 Å². The largest absolute Gasteiger partial charge is 0.355 e. The summed E-state index contributed by atoms with van der Waals surface area (Å²) in [6.45, 7) is 4.25. The van der Waals surface area contributed by atoms with Crippen LogP contribution in [0.5, 0.6) is 0 Å². The second-order valence-electron chi connectivity index (χ2n) is 3.60. The molecule has 0 saturated carbocycles. The van der Waals surface area contributed by atoms with Crippen molar-refractivity contribution >= 4 is 17.4 Å². The third-order valence-electron chi connectivity index (χ3n) is 2.31. The van der Waals surface area contributed by atoms with E-state index in [1.807, 2.05) is 6.92 Å². The van der Waals surface area contributed by atoms with Crippen molar-refractivity contribution in [2.75, 3.05) is 11.9 Å². The highest BCUT2D eigenvalue weighted by molar-refractivity contribution is 5.84. The number of rotatable bonds is 4. The lowest BCUT2D eigenvalue weighted by Gasteiger charge is -2.13. The molecule has 2 rings (SSSR count). The smallest absolute Gasteiger partial charge is 0.242 e. The van der Waals surface area contributed by atoms with E-state index in [2.05, 4.69) is 25.8 Å². The summed E-state index contributed by atoms with van der Waals surface area (Å²) in [5.41, 5.74) is 0.601. The zero-order chi connectivity index (χ0) is 12.3. The lowest BCUT2D eigenvalue weighted by molar-refractivity contribution is -0.121. The number of hydrogen-bond acceptors (Lipinski definition) is 5. The topological polar surface area (TPSA) is 84.2 Å². The lowest BCUT2D eigenvalue weighted by Crippen LogP contribution is -2.37. The van der Waals surface area contributed by atoms with Gasteiger partial charge in [-0.25, -0.2) is 4.98 Å². The van der Waals surface area contributed by atoms with E-state index in [1.54, 1.807) is 30.0 Å². The molecule has 17 heavy (non-hydrogen) atoms. The SMILES string of the molecule is CCNC(=O)C(C)Nc1nccn2cnnc12. The van der Waals surface area contributed by atoms with Crippen molar-refractivity contribution < 1.29 is 4.79 Å². The van der Waals surface area contributed by atoms with E-state index >= 15 is 0 Å². The van der Waals surface area contributed by atoms with Crippen LogP contribution < -0.4 is 10.6 Å². The molecule has 0 saturated heterocycles. The Balaban J connectivity index is 2.18. The molecule has 2 N–H and O–H groups in total. The number of aromatic nitrogens is 4. The quantitative estimate of drug-likeness (QED) is 0.781. The maximum Gasteiger partial charge on any atom is 0.242 e. The summed E-state index contributed by atoms with van der Waals surface area (Å²) >= 11 is 0. The van der Waals surface area contributed by atoms with Crippen LogP contribution in [0.1, 0.15) is 13.8 Å². The van der Waals surface area contributed by atoms with Crippen LogP contribution in [0.25, 0.3) is 5.65 Å². The van der Waals surface area contributed by atoms with Crippen molar-refractivity contribution in [2.45, 2.75) is 19.9 Å². The molecule has 1 unspecified atom stereocenters. The third-order valence-corrected chi connectivity index (χ3v) is 2.31. The van der Waals surface area contributed by atoms with Gasteiger partial charge in [-0.3, -0.25) is 9.20 Å². The summed E-state index contributed by atoms with van der Waals surface area (Å²) in [6.07, 6.45) is 4.96. The number of amides is 1. The van der Waals surface area contributed by atoms with Crippen molar-refractivity contribution in [3.8, 4) is 0 Å². The number of nitrogens with zero attached hydrogens (tertiary/aromatic N) is 4. The van der Waals surface area contributed by atoms with E-state index in [-0.39, 0.29) is 11.9 Å². The molecule has 0 bridgehead atoms. The Bertz CT molecular complexity index is 522. The summed E-state index contributed by atoms with van der Waals surface area (Å²) in [4.78, 5) is 15.7. The molecule has 0 aliphatic rings. The average molecular weight is 234 g/mol. The van der Waals surface area contributed by atoms with Crippen LogP contribution in [0.3, 0.4) is 0 Å². The first-order valence-corrected chi connectivity index (χ1v) is 5.41. The van der Waals surface area contributed by atoms with E-state index in [9.17, 15) is 4.79 Å². The van der Waals surface area contributed by atoms with Gasteiger partial charge in [-0.1, -0.05) is 0 Å². The summed E-state index contributed by atoms with van der Waals surface area (Å²) in [6, 6.07) is -0.370. The first-order chi connectivity index (χ1) is 8.22. The Kier molecular flexibility index (Phi) is 3.17. The Morgan fingerprint density at radius 1 is 1.59 bits per heavy atom. The standard InChI is InChI=1S/C10H14N6O/c1-3-11-10(17)7(2)14-8-9-15-13-6-16(9)5-4-12-8/h4-7H,3H2,1-2H3,(H,11,17)(H,12,14). The second-order valence-corrected chi connectivity index (χ2v) is 3.60. The van der Waals surface area contributed by atoms with Gasteiger partial charge in [0.2, 0.25) is 11.6 Å². The van der Waals surface area contributed by atoms with Gasteiger partial charge >= 0.3 is 0 Å². The van der Waals surface area contributed by atoms with Crippen molar-refractivity contribution in [3.05, 3.63) is 18.7 Å². The molecule has 2 aromatic rings. The van der Waals surface area contributed by atoms with Gasteiger partial charge in [0.05, 0.1) is 0 Å². The number of likely N-dealkylation sites (N-methyl/N-ethyl adjacent to an activating group) is 1. The fourth-order valence-electron chi connectivity index (χ4n) is 1.46. The highest BCUT2D eigenvalue weighted by Crippen LogP contribution is 2.10. The molecule has 0 aliphatic carbocycles. The summed E-state index contributed by atoms with van der Waals surface area (Å²) < 4.78 is 1.74. The first kappa shape index (κ1) is 11.3. The van der Waals surface area contributed by atoms with E-state index in [1.165, 1.54) is 0 Å². The summed E-state index contributed by atoms with van der Waals surface area (Å²) in [5, 5.41) is 13.5. The van der Waals surface area contributed by atoms with Gasteiger partial charge < -0.3 is 10.6 Å². The van der Waals surface area contributed by atoms with Crippen LogP contribution in [0.4, 0.5) is 5.82 Å². The Hall–Kier alpha value is -2.18. The van der Waals surface area contributed by atoms with Gasteiger partial charge in [0, 0.05) is 18.9 Å². The van der Waals surface area contributed by atoms with Gasteiger partial charge in [0.1, 0.15) is 12.4 Å². The molecule has 2 heterocycles. The Morgan fingerprint density at radius 2 is 2.41 bits per heavy atom. The Labute approximate surface area is 98.3 Å². The maximum atomic E-state index is 11.6. The monoisotopic (exact) mass is 234 g/mol. The predicted molar refractivity (Wildman–Crippen MR) is 62.6 cm³/mol. The number of carbonyl (C=O) groups is 1. The van der Waals surface area contributed by atoms with Crippen molar-refractivity contribution in [2.24, 2.45) is 0 Å². The fraction of sp³-hybridized carbons (Fsp3) is 0.400. The van der Waals surface area contributed by atoms with E-state index in [4.69, 9.17) is 0 Å². The van der Waals surface area contributed by atoms with Crippen LogP contribution in [-0.2, 0) is 4.79 Å². The van der Waals surface area contributed by atoms with Gasteiger partial charge in [-0.05, 0) is 13.8 Å². The molecular weight excluding hydrogens is 220 g/mol. The number of nitrogens with one attached hydrogen (secondary N) is 2. The van der Waals surface area contributed by atoms with Crippen molar-refractivity contribution in [1.29, 1.82) is 0 Å². The highest BCUT2D eigenvalue weighted by Gasteiger charge is 2.14. The molecule has 1 amide bonds. The molecule has 0 spiro atoms. The molecule has 0 aromatic carbocycles. The van der Waals surface area contributed by atoms with Gasteiger partial charge in [-0.2, -0.15) is 0 Å². The van der Waals surface area contributed by atoms with E-state index in [0.717, 1.165) is 0 Å². The first-order valence-electron chi connectivity index (χ1n) is 5.41. The van der Waals surface area contributed by atoms with Crippen LogP contribution in [-0.4, -0.2) is 38.1 Å². The minimum Gasteiger partial charge on any atom is -0.355 e. The lowest BCUT2D eigenvalue weighted by atomic mass is 10.3. The highest BCUT2D eigenvalue weighted by atomic mass is 16.2. The number of carbonyl (C=O) groups excluding carboxylic acids is 1. The van der Waals surface area contributed by atoms with Crippen molar-refractivity contribution in [1.82, 2.24) is 24.9 Å². The minimum atomic E-state index is -0.370. The Morgan fingerprint density at radius 3 is 3.18 bits per heavy atom. The molecule has 0 fully saturated rings. The second kappa shape index (κ2) is 4.77. The zero-order valence-corrected chi connectivity index (χ0v) is 9.71. The third kappa shape index (κ3) is 2.32.